The Balaban J connectivity index is 1.98. The van der Waals surface area contributed by atoms with Crippen LogP contribution in [-0.4, -0.2) is 36.2 Å². The summed E-state index contributed by atoms with van der Waals surface area (Å²) < 4.78 is 0. The topological polar surface area (TPSA) is 23.5 Å². The van der Waals surface area contributed by atoms with E-state index >= 15 is 0 Å². The van der Waals surface area contributed by atoms with Crippen molar-refractivity contribution in [2.75, 3.05) is 26.2 Å². The molecule has 1 saturated heterocycles. The number of nitrogens with zero attached hydrogens (tertiary/aromatic N) is 1. The maximum atomic E-state index is 9.00. The second-order valence-corrected chi connectivity index (χ2v) is 4.53. The molecule has 0 radical (unpaired) electrons. The van der Waals surface area contributed by atoms with Crippen LogP contribution in [0, 0.1) is 5.92 Å². The van der Waals surface area contributed by atoms with Gasteiger partial charge in [-0.15, -0.1) is 0 Å². The van der Waals surface area contributed by atoms with Crippen LogP contribution >= 0.6 is 0 Å². The lowest BCUT2D eigenvalue weighted by Crippen LogP contribution is -2.35. The van der Waals surface area contributed by atoms with Crippen LogP contribution in [0.1, 0.15) is 45.4 Å². The van der Waals surface area contributed by atoms with E-state index in [0.29, 0.717) is 12.5 Å². The Morgan fingerprint density at radius 2 is 1.86 bits per heavy atom. The zero-order valence-corrected chi connectivity index (χ0v) is 9.54. The number of unbranched alkanes of at least 4 members (excludes halogenated alkanes) is 3. The van der Waals surface area contributed by atoms with Crippen LogP contribution in [0.5, 0.6) is 0 Å². The van der Waals surface area contributed by atoms with Gasteiger partial charge in [0, 0.05) is 6.61 Å². The van der Waals surface area contributed by atoms with Gasteiger partial charge in [-0.2, -0.15) is 0 Å². The van der Waals surface area contributed by atoms with Crippen molar-refractivity contribution < 1.29 is 5.11 Å². The third-order valence-electron chi connectivity index (χ3n) is 3.29. The van der Waals surface area contributed by atoms with Gasteiger partial charge in [-0.25, -0.2) is 0 Å². The van der Waals surface area contributed by atoms with Gasteiger partial charge in [0.25, 0.3) is 0 Å². The van der Waals surface area contributed by atoms with Crippen molar-refractivity contribution >= 4 is 0 Å². The summed E-state index contributed by atoms with van der Waals surface area (Å²) in [4.78, 5) is 2.56. The largest absolute Gasteiger partial charge is 0.396 e. The molecular weight excluding hydrogens is 174 g/mol. The maximum absolute atomic E-state index is 9.00. The molecule has 0 unspecified atom stereocenters. The Bertz CT molecular complexity index is 130. The molecule has 1 aliphatic rings. The smallest absolute Gasteiger partial charge is 0.0460 e. The Hall–Kier alpha value is -0.0800. The lowest BCUT2D eigenvalue weighted by molar-refractivity contribution is 0.130. The van der Waals surface area contributed by atoms with E-state index in [4.69, 9.17) is 5.11 Å². The van der Waals surface area contributed by atoms with E-state index in [-0.39, 0.29) is 0 Å². The Morgan fingerprint density at radius 1 is 1.14 bits per heavy atom. The molecule has 0 bridgehead atoms. The molecular formula is C12H25NO. The van der Waals surface area contributed by atoms with Crippen molar-refractivity contribution in [1.29, 1.82) is 0 Å². The minimum Gasteiger partial charge on any atom is -0.396 e. The summed E-state index contributed by atoms with van der Waals surface area (Å²) in [7, 11) is 0. The molecule has 14 heavy (non-hydrogen) atoms. The normalized spacial score (nSPS) is 20.1. The maximum Gasteiger partial charge on any atom is 0.0460 e. The molecule has 1 N–H and O–H groups in total. The van der Waals surface area contributed by atoms with Gasteiger partial charge in [-0.05, 0) is 44.8 Å². The zero-order valence-electron chi connectivity index (χ0n) is 9.54. The SMILES string of the molecule is CCCCCCN1CCC(CO)CC1. The van der Waals surface area contributed by atoms with Gasteiger partial charge in [-0.1, -0.05) is 26.2 Å². The van der Waals surface area contributed by atoms with E-state index in [1.165, 1.54) is 58.2 Å². The number of hydrogen-bond acceptors (Lipinski definition) is 2. The molecule has 1 rings (SSSR count). The Labute approximate surface area is 88.3 Å². The van der Waals surface area contributed by atoms with Crippen LogP contribution < -0.4 is 0 Å². The van der Waals surface area contributed by atoms with Gasteiger partial charge >= 0.3 is 0 Å². The first kappa shape index (κ1) is 12.0. The van der Waals surface area contributed by atoms with Crippen molar-refractivity contribution in [2.24, 2.45) is 5.92 Å². The first-order chi connectivity index (χ1) is 6.86. The molecule has 1 fully saturated rings. The average molecular weight is 199 g/mol. The average Bonchev–Trinajstić information content (AvgIpc) is 2.25. The van der Waals surface area contributed by atoms with Crippen molar-refractivity contribution in [2.45, 2.75) is 45.4 Å². The first-order valence-electron chi connectivity index (χ1n) is 6.20. The summed E-state index contributed by atoms with van der Waals surface area (Å²) >= 11 is 0. The molecule has 0 spiro atoms. The van der Waals surface area contributed by atoms with Gasteiger partial charge in [0.2, 0.25) is 0 Å². The van der Waals surface area contributed by atoms with Gasteiger partial charge in [0.15, 0.2) is 0 Å². The van der Waals surface area contributed by atoms with Crippen LogP contribution in [0.4, 0.5) is 0 Å². The van der Waals surface area contributed by atoms with E-state index in [2.05, 4.69) is 11.8 Å². The lowest BCUT2D eigenvalue weighted by atomic mass is 9.98. The molecule has 0 saturated carbocycles. The van der Waals surface area contributed by atoms with Crippen molar-refractivity contribution in [1.82, 2.24) is 4.90 Å². The quantitative estimate of drug-likeness (QED) is 0.663. The van der Waals surface area contributed by atoms with Crippen LogP contribution in [0.2, 0.25) is 0 Å². The summed E-state index contributed by atoms with van der Waals surface area (Å²) in [5, 5.41) is 9.00. The molecule has 0 aromatic carbocycles. The minimum atomic E-state index is 0.393. The summed E-state index contributed by atoms with van der Waals surface area (Å²) in [6, 6.07) is 0. The second-order valence-electron chi connectivity index (χ2n) is 4.53. The predicted octanol–water partition coefficient (Wildman–Crippen LogP) is 2.27. The number of rotatable bonds is 6. The van der Waals surface area contributed by atoms with E-state index in [1.807, 2.05) is 0 Å². The van der Waals surface area contributed by atoms with Crippen molar-refractivity contribution in [3.05, 3.63) is 0 Å². The summed E-state index contributed by atoms with van der Waals surface area (Å²) in [5.41, 5.74) is 0. The molecule has 0 aliphatic carbocycles. The second kappa shape index (κ2) is 7.24. The van der Waals surface area contributed by atoms with Gasteiger partial charge in [0.05, 0.1) is 0 Å². The number of likely N-dealkylation sites (tertiary alicyclic amines) is 1. The highest BCUT2D eigenvalue weighted by atomic mass is 16.3. The summed E-state index contributed by atoms with van der Waals surface area (Å²) in [6.45, 7) is 6.34. The van der Waals surface area contributed by atoms with Gasteiger partial charge < -0.3 is 10.0 Å². The molecule has 0 amide bonds. The van der Waals surface area contributed by atoms with E-state index in [0.717, 1.165) is 0 Å². The van der Waals surface area contributed by atoms with Crippen molar-refractivity contribution in [3.8, 4) is 0 Å². The number of aliphatic hydroxyl groups is 1. The third-order valence-corrected chi connectivity index (χ3v) is 3.29. The number of hydrogen-bond donors (Lipinski definition) is 1. The highest BCUT2D eigenvalue weighted by molar-refractivity contribution is 4.71. The molecule has 0 aromatic rings. The first-order valence-corrected chi connectivity index (χ1v) is 6.20. The van der Waals surface area contributed by atoms with E-state index in [1.54, 1.807) is 0 Å². The zero-order chi connectivity index (χ0) is 10.2. The molecule has 1 heterocycles. The minimum absolute atomic E-state index is 0.393. The number of piperidine rings is 1. The molecule has 0 aromatic heterocycles. The van der Waals surface area contributed by atoms with Crippen LogP contribution in [0.25, 0.3) is 0 Å². The van der Waals surface area contributed by atoms with Crippen LogP contribution in [0.15, 0.2) is 0 Å². The molecule has 84 valence electrons. The molecule has 0 atom stereocenters. The number of aliphatic hydroxyl groups excluding tert-OH is 1. The predicted molar refractivity (Wildman–Crippen MR) is 60.4 cm³/mol. The molecule has 2 heteroatoms. The van der Waals surface area contributed by atoms with E-state index < -0.39 is 0 Å². The van der Waals surface area contributed by atoms with Crippen LogP contribution in [-0.2, 0) is 0 Å². The fourth-order valence-corrected chi connectivity index (χ4v) is 2.15. The van der Waals surface area contributed by atoms with Gasteiger partial charge in [-0.3, -0.25) is 0 Å². The Kier molecular flexibility index (Phi) is 6.20. The molecule has 1 aliphatic heterocycles. The standard InChI is InChI=1S/C12H25NO/c1-2-3-4-5-8-13-9-6-12(11-14)7-10-13/h12,14H,2-11H2,1H3. The Morgan fingerprint density at radius 3 is 2.43 bits per heavy atom. The van der Waals surface area contributed by atoms with Gasteiger partial charge in [0.1, 0.15) is 0 Å². The fraction of sp³-hybridized carbons (Fsp3) is 1.00. The summed E-state index contributed by atoms with van der Waals surface area (Å²) in [5.74, 6) is 0.585. The highest BCUT2D eigenvalue weighted by Gasteiger charge is 2.17. The molecule has 2 nitrogen and oxygen atoms in total. The fourth-order valence-electron chi connectivity index (χ4n) is 2.15. The van der Waals surface area contributed by atoms with Crippen molar-refractivity contribution in [3.63, 3.8) is 0 Å². The lowest BCUT2D eigenvalue weighted by Gasteiger charge is -2.30. The van der Waals surface area contributed by atoms with Crippen LogP contribution in [0.3, 0.4) is 0 Å². The summed E-state index contributed by atoms with van der Waals surface area (Å²) in [6.07, 6.45) is 7.85. The third kappa shape index (κ3) is 4.43. The van der Waals surface area contributed by atoms with E-state index in [9.17, 15) is 0 Å². The monoisotopic (exact) mass is 199 g/mol. The highest BCUT2D eigenvalue weighted by Crippen LogP contribution is 2.16.